The quantitative estimate of drug-likeness (QED) is 0.525. The Bertz CT molecular complexity index is 358. The van der Waals surface area contributed by atoms with E-state index in [1.54, 1.807) is 5.57 Å². The summed E-state index contributed by atoms with van der Waals surface area (Å²) < 4.78 is 0. The van der Waals surface area contributed by atoms with Gasteiger partial charge in [-0.1, -0.05) is 77.2 Å². The molecule has 0 nitrogen and oxygen atoms in total. The molecule has 0 heteroatoms. The van der Waals surface area contributed by atoms with Crippen molar-refractivity contribution in [2.45, 2.75) is 79.1 Å². The van der Waals surface area contributed by atoms with Gasteiger partial charge in [-0.05, 0) is 55.3 Å². The zero-order chi connectivity index (χ0) is 15.2. The molecule has 2 aliphatic rings. The minimum atomic E-state index is 0.795. The summed E-state index contributed by atoms with van der Waals surface area (Å²) >= 11 is 0. The van der Waals surface area contributed by atoms with Gasteiger partial charge < -0.3 is 0 Å². The van der Waals surface area contributed by atoms with Crippen molar-refractivity contribution in [1.29, 1.82) is 0 Å². The van der Waals surface area contributed by atoms with Gasteiger partial charge in [0.2, 0.25) is 0 Å². The fourth-order valence-corrected chi connectivity index (χ4v) is 4.57. The predicted octanol–water partition coefficient (Wildman–Crippen LogP) is 6.78. The largest absolute Gasteiger partial charge is 0.0845 e. The molecule has 0 radical (unpaired) electrons. The summed E-state index contributed by atoms with van der Waals surface area (Å²) in [6.45, 7) is 9.73. The first-order valence-corrected chi connectivity index (χ1v) is 9.48. The summed E-state index contributed by atoms with van der Waals surface area (Å²) in [6, 6.07) is 0. The highest BCUT2D eigenvalue weighted by molar-refractivity contribution is 5.24. The molecule has 1 fully saturated rings. The molecule has 1 saturated carbocycles. The second-order valence-corrected chi connectivity index (χ2v) is 8.04. The Kier molecular flexibility index (Phi) is 6.58. The topological polar surface area (TPSA) is 0 Å². The Morgan fingerprint density at radius 2 is 1.62 bits per heavy atom. The van der Waals surface area contributed by atoms with Gasteiger partial charge in [0.25, 0.3) is 0 Å². The molecule has 0 amide bonds. The second-order valence-electron chi connectivity index (χ2n) is 8.04. The molecule has 21 heavy (non-hydrogen) atoms. The maximum Gasteiger partial charge on any atom is -0.0166 e. The van der Waals surface area contributed by atoms with Crippen molar-refractivity contribution in [2.75, 3.05) is 0 Å². The van der Waals surface area contributed by atoms with E-state index in [0.717, 1.165) is 29.6 Å². The standard InChI is InChI=1S/C21H36/c1-16(2)20-15-21(17(3)4)19-14-12-10-8-6-5-7-9-11-13-18(19)20/h9,11,13,16-17,19-21H,5-8,10,12,14-15H2,1-4H3/b11-9+,18-13+. The van der Waals surface area contributed by atoms with E-state index in [1.807, 2.05) is 0 Å². The van der Waals surface area contributed by atoms with E-state index < -0.39 is 0 Å². The fraction of sp³-hybridized carbons (Fsp3) is 0.810. The van der Waals surface area contributed by atoms with E-state index in [9.17, 15) is 0 Å². The Morgan fingerprint density at radius 1 is 0.905 bits per heavy atom. The molecule has 0 aromatic heterocycles. The van der Waals surface area contributed by atoms with Crippen molar-refractivity contribution in [3.63, 3.8) is 0 Å². The van der Waals surface area contributed by atoms with E-state index in [-0.39, 0.29) is 0 Å². The van der Waals surface area contributed by atoms with E-state index in [1.165, 1.54) is 51.4 Å². The number of hydrogen-bond acceptors (Lipinski definition) is 0. The molecule has 0 N–H and O–H groups in total. The van der Waals surface area contributed by atoms with Crippen LogP contribution in [0.2, 0.25) is 0 Å². The molecular weight excluding hydrogens is 252 g/mol. The molecule has 0 bridgehead atoms. The van der Waals surface area contributed by atoms with Gasteiger partial charge in [0.05, 0.1) is 0 Å². The molecule has 2 aliphatic carbocycles. The van der Waals surface area contributed by atoms with Gasteiger partial charge in [-0.2, -0.15) is 0 Å². The lowest BCUT2D eigenvalue weighted by Gasteiger charge is -2.24. The van der Waals surface area contributed by atoms with Crippen LogP contribution in [0.3, 0.4) is 0 Å². The summed E-state index contributed by atoms with van der Waals surface area (Å²) in [7, 11) is 0. The maximum absolute atomic E-state index is 2.51. The molecule has 0 heterocycles. The van der Waals surface area contributed by atoms with Gasteiger partial charge in [0.15, 0.2) is 0 Å². The van der Waals surface area contributed by atoms with Gasteiger partial charge in [-0.25, -0.2) is 0 Å². The number of allylic oxidation sites excluding steroid dienone is 4. The van der Waals surface area contributed by atoms with Gasteiger partial charge in [-0.15, -0.1) is 0 Å². The summed E-state index contributed by atoms with van der Waals surface area (Å²) in [5.41, 5.74) is 1.79. The molecule has 0 aliphatic heterocycles. The van der Waals surface area contributed by atoms with Crippen molar-refractivity contribution in [1.82, 2.24) is 0 Å². The van der Waals surface area contributed by atoms with Crippen molar-refractivity contribution in [2.24, 2.45) is 29.6 Å². The fourth-order valence-electron chi connectivity index (χ4n) is 4.57. The van der Waals surface area contributed by atoms with Crippen LogP contribution in [0.1, 0.15) is 79.1 Å². The maximum atomic E-state index is 2.51. The minimum Gasteiger partial charge on any atom is -0.0845 e. The first-order valence-electron chi connectivity index (χ1n) is 9.48. The van der Waals surface area contributed by atoms with Gasteiger partial charge in [0.1, 0.15) is 0 Å². The average molecular weight is 289 g/mol. The molecule has 3 unspecified atom stereocenters. The Labute approximate surface area is 133 Å². The Balaban J connectivity index is 2.23. The second kappa shape index (κ2) is 8.20. The van der Waals surface area contributed by atoms with E-state index in [2.05, 4.69) is 45.9 Å². The van der Waals surface area contributed by atoms with Crippen LogP contribution in [0.15, 0.2) is 23.8 Å². The first kappa shape index (κ1) is 16.8. The van der Waals surface area contributed by atoms with Crippen LogP contribution in [0, 0.1) is 29.6 Å². The molecule has 0 saturated heterocycles. The third kappa shape index (κ3) is 4.47. The van der Waals surface area contributed by atoms with E-state index in [4.69, 9.17) is 0 Å². The van der Waals surface area contributed by atoms with Crippen LogP contribution in [-0.2, 0) is 0 Å². The summed E-state index contributed by atoms with van der Waals surface area (Å²) in [6.07, 6.45) is 18.6. The predicted molar refractivity (Wildman–Crippen MR) is 94.3 cm³/mol. The average Bonchev–Trinajstić information content (AvgIpc) is 2.77. The zero-order valence-electron chi connectivity index (χ0n) is 14.8. The lowest BCUT2D eigenvalue weighted by Crippen LogP contribution is -2.15. The Hall–Kier alpha value is -0.520. The third-order valence-electron chi connectivity index (χ3n) is 5.87. The van der Waals surface area contributed by atoms with Crippen LogP contribution in [0.5, 0.6) is 0 Å². The number of hydrogen-bond donors (Lipinski definition) is 0. The van der Waals surface area contributed by atoms with Crippen molar-refractivity contribution >= 4 is 0 Å². The van der Waals surface area contributed by atoms with E-state index in [0.29, 0.717) is 0 Å². The molecule has 0 spiro atoms. The molecule has 3 atom stereocenters. The summed E-state index contributed by atoms with van der Waals surface area (Å²) in [4.78, 5) is 0. The van der Waals surface area contributed by atoms with E-state index >= 15 is 0 Å². The summed E-state index contributed by atoms with van der Waals surface area (Å²) in [5, 5.41) is 0. The number of fused-ring (bicyclic) bond motifs is 1. The molecule has 2 rings (SSSR count). The smallest absolute Gasteiger partial charge is 0.0166 e. The van der Waals surface area contributed by atoms with Crippen molar-refractivity contribution in [3.05, 3.63) is 23.8 Å². The summed E-state index contributed by atoms with van der Waals surface area (Å²) in [5.74, 6) is 4.24. The van der Waals surface area contributed by atoms with Crippen LogP contribution in [0.25, 0.3) is 0 Å². The first-order chi connectivity index (χ1) is 10.1. The third-order valence-corrected chi connectivity index (χ3v) is 5.87. The minimum absolute atomic E-state index is 0.795. The highest BCUT2D eigenvalue weighted by atomic mass is 14.4. The molecular formula is C21H36. The molecule has 0 aromatic carbocycles. The van der Waals surface area contributed by atoms with Crippen LogP contribution >= 0.6 is 0 Å². The Morgan fingerprint density at radius 3 is 2.33 bits per heavy atom. The van der Waals surface area contributed by atoms with Gasteiger partial charge >= 0.3 is 0 Å². The highest BCUT2D eigenvalue weighted by Crippen LogP contribution is 2.49. The number of rotatable bonds is 2. The monoisotopic (exact) mass is 288 g/mol. The zero-order valence-corrected chi connectivity index (χ0v) is 14.8. The molecule has 120 valence electrons. The van der Waals surface area contributed by atoms with Gasteiger partial charge in [0, 0.05) is 0 Å². The van der Waals surface area contributed by atoms with Crippen molar-refractivity contribution in [3.8, 4) is 0 Å². The lowest BCUT2D eigenvalue weighted by molar-refractivity contribution is 0.283. The molecule has 0 aromatic rings. The van der Waals surface area contributed by atoms with Crippen LogP contribution in [0.4, 0.5) is 0 Å². The normalized spacial score (nSPS) is 35.7. The van der Waals surface area contributed by atoms with Crippen LogP contribution in [-0.4, -0.2) is 0 Å². The van der Waals surface area contributed by atoms with Crippen molar-refractivity contribution < 1.29 is 0 Å². The SMILES string of the molecule is CC(C)C1CC(C(C)C)C2CCCCCCC/C=C/C=C/12. The van der Waals surface area contributed by atoms with Crippen LogP contribution < -0.4 is 0 Å². The van der Waals surface area contributed by atoms with Gasteiger partial charge in [-0.3, -0.25) is 0 Å². The lowest BCUT2D eigenvalue weighted by atomic mass is 9.81. The highest BCUT2D eigenvalue weighted by Gasteiger charge is 2.40.